The monoisotopic (exact) mass is 239 g/mol. The third kappa shape index (κ3) is 2.59. The molecule has 90 valence electrons. The normalized spacial score (nSPS) is 10.1. The number of rotatable bonds is 4. The summed E-state index contributed by atoms with van der Waals surface area (Å²) in [4.78, 5) is 11.2. The molecular formula is C12H11F2NO2. The van der Waals surface area contributed by atoms with Crippen LogP contribution in [0, 0.1) is 11.3 Å². The molecule has 0 atom stereocenters. The fraction of sp³-hybridized carbons (Fsp3) is 0.333. The molecule has 0 aliphatic rings. The van der Waals surface area contributed by atoms with Crippen molar-refractivity contribution in [1.29, 1.82) is 5.26 Å². The van der Waals surface area contributed by atoms with Gasteiger partial charge in [-0.15, -0.1) is 0 Å². The van der Waals surface area contributed by atoms with Crippen molar-refractivity contribution in [1.82, 2.24) is 0 Å². The third-order valence-corrected chi connectivity index (χ3v) is 2.21. The van der Waals surface area contributed by atoms with E-state index in [0.717, 1.165) is 0 Å². The molecule has 0 heterocycles. The fourth-order valence-corrected chi connectivity index (χ4v) is 1.51. The minimum Gasteiger partial charge on any atom is -0.493 e. The van der Waals surface area contributed by atoms with Gasteiger partial charge in [0.1, 0.15) is 11.8 Å². The summed E-state index contributed by atoms with van der Waals surface area (Å²) in [6, 6.07) is 4.27. The Morgan fingerprint density at radius 2 is 2.18 bits per heavy atom. The predicted octanol–water partition coefficient (Wildman–Crippen LogP) is 3.10. The largest absolute Gasteiger partial charge is 0.493 e. The Morgan fingerprint density at radius 1 is 1.53 bits per heavy atom. The average molecular weight is 239 g/mol. The van der Waals surface area contributed by atoms with Crippen molar-refractivity contribution < 1.29 is 18.3 Å². The summed E-state index contributed by atoms with van der Waals surface area (Å²) < 4.78 is 30.8. The minimum atomic E-state index is -2.86. The number of benzene rings is 1. The molecular weight excluding hydrogens is 228 g/mol. The Bertz CT molecular complexity index is 478. The maximum absolute atomic E-state index is 12.9. The second kappa shape index (κ2) is 5.39. The molecule has 1 aromatic carbocycles. The summed E-state index contributed by atoms with van der Waals surface area (Å²) in [5.74, 6) is -0.476. The lowest BCUT2D eigenvalue weighted by molar-refractivity contribution is 0.101. The number of carbonyl (C=O) groups excluding carboxylic acids is 1. The van der Waals surface area contributed by atoms with E-state index in [1.165, 1.54) is 19.1 Å². The first-order chi connectivity index (χ1) is 8.02. The molecule has 0 amide bonds. The van der Waals surface area contributed by atoms with Gasteiger partial charge in [0.2, 0.25) is 0 Å². The lowest BCUT2D eigenvalue weighted by atomic mass is 9.98. The molecule has 1 rings (SSSR count). The maximum Gasteiger partial charge on any atom is 0.268 e. The van der Waals surface area contributed by atoms with Gasteiger partial charge in [-0.25, -0.2) is 8.78 Å². The zero-order valence-electron chi connectivity index (χ0n) is 9.46. The Labute approximate surface area is 97.6 Å². The van der Waals surface area contributed by atoms with Crippen LogP contribution in [-0.4, -0.2) is 12.4 Å². The van der Waals surface area contributed by atoms with Crippen molar-refractivity contribution in [2.24, 2.45) is 0 Å². The molecule has 0 radical (unpaired) electrons. The van der Waals surface area contributed by atoms with E-state index >= 15 is 0 Å². The Hall–Kier alpha value is -1.96. The topological polar surface area (TPSA) is 50.1 Å². The molecule has 0 saturated heterocycles. The smallest absolute Gasteiger partial charge is 0.268 e. The van der Waals surface area contributed by atoms with E-state index in [9.17, 15) is 13.6 Å². The van der Waals surface area contributed by atoms with Crippen molar-refractivity contribution in [2.45, 2.75) is 20.3 Å². The highest BCUT2D eigenvalue weighted by Gasteiger charge is 2.23. The minimum absolute atomic E-state index is 0.00810. The highest BCUT2D eigenvalue weighted by molar-refractivity contribution is 5.97. The summed E-state index contributed by atoms with van der Waals surface area (Å²) in [5, 5.41) is 8.90. The van der Waals surface area contributed by atoms with Crippen LogP contribution in [0.15, 0.2) is 12.1 Å². The number of hydrogen-bond acceptors (Lipinski definition) is 3. The van der Waals surface area contributed by atoms with Crippen LogP contribution in [0.5, 0.6) is 5.75 Å². The summed E-state index contributed by atoms with van der Waals surface area (Å²) in [6.07, 6.45) is -2.86. The number of ketones is 1. The summed E-state index contributed by atoms with van der Waals surface area (Å²) in [6.45, 7) is 3.09. The first kappa shape index (κ1) is 13.1. The molecule has 5 heteroatoms. The number of halogens is 2. The van der Waals surface area contributed by atoms with Gasteiger partial charge in [-0.3, -0.25) is 4.79 Å². The second-order valence-corrected chi connectivity index (χ2v) is 3.30. The van der Waals surface area contributed by atoms with Gasteiger partial charge in [0.05, 0.1) is 17.7 Å². The van der Waals surface area contributed by atoms with E-state index in [2.05, 4.69) is 0 Å². The van der Waals surface area contributed by atoms with E-state index < -0.39 is 17.8 Å². The first-order valence-electron chi connectivity index (χ1n) is 5.01. The van der Waals surface area contributed by atoms with Crippen molar-refractivity contribution >= 4 is 5.78 Å². The Kier molecular flexibility index (Phi) is 4.16. The number of nitrogens with zero attached hydrogens (tertiary/aromatic N) is 1. The van der Waals surface area contributed by atoms with Crippen LogP contribution >= 0.6 is 0 Å². The van der Waals surface area contributed by atoms with Gasteiger partial charge in [-0.05, 0) is 26.0 Å². The number of Topliss-reactive ketones (excluding diaryl/α,β-unsaturated/α-hetero) is 1. The van der Waals surface area contributed by atoms with E-state index in [0.29, 0.717) is 0 Å². The lowest BCUT2D eigenvalue weighted by Gasteiger charge is -2.13. The van der Waals surface area contributed by atoms with Crippen LogP contribution in [0.2, 0.25) is 0 Å². The van der Waals surface area contributed by atoms with Gasteiger partial charge in [0.15, 0.2) is 5.78 Å². The van der Waals surface area contributed by atoms with Gasteiger partial charge in [0, 0.05) is 5.56 Å². The zero-order valence-corrected chi connectivity index (χ0v) is 9.46. The van der Waals surface area contributed by atoms with E-state index in [1.807, 2.05) is 0 Å². The first-order valence-corrected chi connectivity index (χ1v) is 5.01. The van der Waals surface area contributed by atoms with Crippen molar-refractivity contribution in [3.63, 3.8) is 0 Å². The SMILES string of the molecule is CCOc1ccc(C(C)=O)c(C#N)c1C(F)F. The third-order valence-electron chi connectivity index (χ3n) is 2.21. The lowest BCUT2D eigenvalue weighted by Crippen LogP contribution is -2.05. The maximum atomic E-state index is 12.9. The van der Waals surface area contributed by atoms with Crippen LogP contribution < -0.4 is 4.74 Å². The number of hydrogen-bond donors (Lipinski definition) is 0. The Balaban J connectivity index is 3.51. The summed E-state index contributed by atoms with van der Waals surface area (Å²) in [7, 11) is 0. The van der Waals surface area contributed by atoms with E-state index in [1.54, 1.807) is 13.0 Å². The molecule has 0 unspecified atom stereocenters. The number of alkyl halides is 2. The molecule has 17 heavy (non-hydrogen) atoms. The average Bonchev–Trinajstić information content (AvgIpc) is 2.27. The van der Waals surface area contributed by atoms with Gasteiger partial charge < -0.3 is 4.74 Å². The van der Waals surface area contributed by atoms with Crippen molar-refractivity contribution in [2.75, 3.05) is 6.61 Å². The van der Waals surface area contributed by atoms with Crippen LogP contribution in [0.25, 0.3) is 0 Å². The van der Waals surface area contributed by atoms with Gasteiger partial charge in [-0.1, -0.05) is 0 Å². The molecule has 0 aromatic heterocycles. The summed E-state index contributed by atoms with van der Waals surface area (Å²) >= 11 is 0. The van der Waals surface area contributed by atoms with Crippen LogP contribution in [0.4, 0.5) is 8.78 Å². The van der Waals surface area contributed by atoms with Gasteiger partial charge >= 0.3 is 0 Å². The highest BCUT2D eigenvalue weighted by Crippen LogP contribution is 2.34. The molecule has 1 aromatic rings. The van der Waals surface area contributed by atoms with Gasteiger partial charge in [0.25, 0.3) is 6.43 Å². The van der Waals surface area contributed by atoms with E-state index in [-0.39, 0.29) is 23.5 Å². The van der Waals surface area contributed by atoms with Crippen LogP contribution in [0.3, 0.4) is 0 Å². The fourth-order valence-electron chi connectivity index (χ4n) is 1.51. The molecule has 0 spiro atoms. The Morgan fingerprint density at radius 3 is 2.59 bits per heavy atom. The van der Waals surface area contributed by atoms with Crippen molar-refractivity contribution in [3.05, 3.63) is 28.8 Å². The van der Waals surface area contributed by atoms with Gasteiger partial charge in [-0.2, -0.15) is 5.26 Å². The van der Waals surface area contributed by atoms with Crippen molar-refractivity contribution in [3.8, 4) is 11.8 Å². The second-order valence-electron chi connectivity index (χ2n) is 3.30. The highest BCUT2D eigenvalue weighted by atomic mass is 19.3. The van der Waals surface area contributed by atoms with Crippen LogP contribution in [-0.2, 0) is 0 Å². The molecule has 0 bridgehead atoms. The molecule has 0 aliphatic heterocycles. The summed E-state index contributed by atoms with van der Waals surface area (Å²) in [5.41, 5.74) is -0.827. The zero-order chi connectivity index (χ0) is 13.0. The number of carbonyl (C=O) groups is 1. The molecule has 0 fully saturated rings. The van der Waals surface area contributed by atoms with Crippen LogP contribution in [0.1, 0.15) is 41.8 Å². The predicted molar refractivity (Wildman–Crippen MR) is 57.3 cm³/mol. The molecule has 3 nitrogen and oxygen atoms in total. The molecule has 0 saturated carbocycles. The number of ether oxygens (including phenoxy) is 1. The van der Waals surface area contributed by atoms with E-state index in [4.69, 9.17) is 10.00 Å². The molecule has 0 aliphatic carbocycles. The quantitative estimate of drug-likeness (QED) is 0.758. The standard InChI is InChI=1S/C12H11F2NO2/c1-3-17-10-5-4-8(7(2)16)9(6-15)11(10)12(13)14/h4-5,12H,3H2,1-2H3. The molecule has 0 N–H and O–H groups in total. The number of nitriles is 1.